The van der Waals surface area contributed by atoms with E-state index in [1.165, 1.54) is 44.9 Å². The second-order valence-electron chi connectivity index (χ2n) is 7.02. The van der Waals surface area contributed by atoms with E-state index in [0.717, 1.165) is 12.8 Å². The average Bonchev–Trinajstić information content (AvgIpc) is 2.52. The van der Waals surface area contributed by atoms with Crippen molar-refractivity contribution in [1.29, 1.82) is 0 Å². The molecule has 2 unspecified atom stereocenters. The van der Waals surface area contributed by atoms with E-state index in [1.807, 2.05) is 0 Å². The fraction of sp³-hybridized carbons (Fsp3) is 1.00. The lowest BCUT2D eigenvalue weighted by molar-refractivity contribution is 0.0317. The standard InChI is InChI=1S/C18H39NO4/c1-2-3-4-5-6-7-8-9-10-11-18(19,12-16(22)14-20)13-17(23)15-21/h16-17,20-23H,2-15,19H2,1H3. The normalized spacial score (nSPS) is 17.0. The van der Waals surface area contributed by atoms with E-state index in [0.29, 0.717) is 6.42 Å². The largest absolute Gasteiger partial charge is 0.394 e. The number of rotatable bonds is 16. The number of nitrogens with two attached hydrogens (primary N) is 1. The molecule has 0 bridgehead atoms. The Morgan fingerprint density at radius 2 is 1.13 bits per heavy atom. The quantitative estimate of drug-likeness (QED) is 0.278. The number of unbranched alkanes of at least 4 members (excludes halogenated alkanes) is 8. The molecule has 0 rings (SSSR count). The molecule has 2 atom stereocenters. The van der Waals surface area contributed by atoms with E-state index in [2.05, 4.69) is 6.92 Å². The van der Waals surface area contributed by atoms with Gasteiger partial charge in [-0.1, -0.05) is 64.7 Å². The van der Waals surface area contributed by atoms with E-state index < -0.39 is 17.7 Å². The molecule has 140 valence electrons. The van der Waals surface area contributed by atoms with Gasteiger partial charge < -0.3 is 26.2 Å². The summed E-state index contributed by atoms with van der Waals surface area (Å²) in [6, 6.07) is 0. The van der Waals surface area contributed by atoms with E-state index in [4.69, 9.17) is 15.9 Å². The van der Waals surface area contributed by atoms with Crippen LogP contribution in [0.4, 0.5) is 0 Å². The zero-order valence-electron chi connectivity index (χ0n) is 14.9. The van der Waals surface area contributed by atoms with Crippen molar-refractivity contribution in [2.45, 2.75) is 102 Å². The summed E-state index contributed by atoms with van der Waals surface area (Å²) in [6.07, 6.45) is 10.5. The zero-order valence-corrected chi connectivity index (χ0v) is 14.9. The molecule has 0 aliphatic rings. The van der Waals surface area contributed by atoms with E-state index >= 15 is 0 Å². The van der Waals surface area contributed by atoms with Crippen LogP contribution in [0.1, 0.15) is 84.0 Å². The summed E-state index contributed by atoms with van der Waals surface area (Å²) in [5.41, 5.74) is 5.57. The first-order valence-corrected chi connectivity index (χ1v) is 9.34. The van der Waals surface area contributed by atoms with E-state index in [9.17, 15) is 10.2 Å². The molecular formula is C18H39NO4. The highest BCUT2D eigenvalue weighted by Crippen LogP contribution is 2.24. The maximum absolute atomic E-state index is 9.65. The molecule has 0 heterocycles. The third-order valence-electron chi connectivity index (χ3n) is 4.48. The minimum absolute atomic E-state index is 0.248. The fourth-order valence-corrected chi connectivity index (χ4v) is 3.14. The number of aliphatic hydroxyl groups excluding tert-OH is 4. The van der Waals surface area contributed by atoms with Crippen LogP contribution in [0.5, 0.6) is 0 Å². The summed E-state index contributed by atoms with van der Waals surface area (Å²) in [6.45, 7) is 1.57. The van der Waals surface area contributed by atoms with Crippen molar-refractivity contribution in [3.63, 3.8) is 0 Å². The smallest absolute Gasteiger partial charge is 0.0788 e. The van der Waals surface area contributed by atoms with Crippen LogP contribution in [-0.2, 0) is 0 Å². The first-order chi connectivity index (χ1) is 11.0. The molecule has 5 nitrogen and oxygen atoms in total. The van der Waals surface area contributed by atoms with Gasteiger partial charge in [-0.05, 0) is 19.3 Å². The fourth-order valence-electron chi connectivity index (χ4n) is 3.14. The molecule has 0 aromatic heterocycles. The van der Waals surface area contributed by atoms with Crippen LogP contribution in [0.25, 0.3) is 0 Å². The number of hydrogen-bond acceptors (Lipinski definition) is 5. The highest BCUT2D eigenvalue weighted by Gasteiger charge is 2.30. The second kappa shape index (κ2) is 14.2. The van der Waals surface area contributed by atoms with Gasteiger partial charge >= 0.3 is 0 Å². The summed E-state index contributed by atoms with van der Waals surface area (Å²) in [4.78, 5) is 0. The Balaban J connectivity index is 3.95. The van der Waals surface area contributed by atoms with Crippen molar-refractivity contribution in [2.75, 3.05) is 13.2 Å². The predicted molar refractivity (Wildman–Crippen MR) is 94.2 cm³/mol. The van der Waals surface area contributed by atoms with Gasteiger partial charge in [0, 0.05) is 5.54 Å². The van der Waals surface area contributed by atoms with Crippen molar-refractivity contribution < 1.29 is 20.4 Å². The van der Waals surface area contributed by atoms with Gasteiger partial charge in [0.05, 0.1) is 25.4 Å². The lowest BCUT2D eigenvalue weighted by Crippen LogP contribution is -2.47. The molecule has 0 fully saturated rings. The maximum atomic E-state index is 9.65. The van der Waals surface area contributed by atoms with Crippen molar-refractivity contribution in [3.05, 3.63) is 0 Å². The lowest BCUT2D eigenvalue weighted by Gasteiger charge is -2.33. The van der Waals surface area contributed by atoms with Crippen molar-refractivity contribution in [2.24, 2.45) is 5.73 Å². The minimum atomic E-state index is -0.871. The summed E-state index contributed by atoms with van der Waals surface area (Å²) in [5.74, 6) is 0. The molecular weight excluding hydrogens is 294 g/mol. The summed E-state index contributed by atoms with van der Waals surface area (Å²) in [5, 5.41) is 37.3. The third kappa shape index (κ3) is 12.8. The molecule has 0 aliphatic heterocycles. The third-order valence-corrected chi connectivity index (χ3v) is 4.48. The summed E-state index contributed by atoms with van der Waals surface area (Å²) >= 11 is 0. The first-order valence-electron chi connectivity index (χ1n) is 9.34. The van der Waals surface area contributed by atoms with E-state index in [1.54, 1.807) is 0 Å². The van der Waals surface area contributed by atoms with Gasteiger partial charge in [-0.3, -0.25) is 0 Å². The Morgan fingerprint density at radius 3 is 1.52 bits per heavy atom. The Hall–Kier alpha value is -0.200. The SMILES string of the molecule is CCCCCCCCCCCC(N)(CC(O)CO)CC(O)CO. The molecule has 0 radical (unpaired) electrons. The van der Waals surface area contributed by atoms with Gasteiger partial charge in [0.1, 0.15) is 0 Å². The van der Waals surface area contributed by atoms with Crippen LogP contribution in [0.3, 0.4) is 0 Å². The Bertz CT molecular complexity index is 251. The molecule has 5 heteroatoms. The molecule has 0 saturated heterocycles. The topological polar surface area (TPSA) is 107 Å². The highest BCUT2D eigenvalue weighted by molar-refractivity contribution is 4.89. The molecule has 0 spiro atoms. The van der Waals surface area contributed by atoms with Crippen molar-refractivity contribution >= 4 is 0 Å². The van der Waals surface area contributed by atoms with Crippen LogP contribution in [-0.4, -0.2) is 51.4 Å². The monoisotopic (exact) mass is 333 g/mol. The van der Waals surface area contributed by atoms with E-state index in [-0.39, 0.29) is 26.1 Å². The summed E-state index contributed by atoms with van der Waals surface area (Å²) in [7, 11) is 0. The average molecular weight is 334 g/mol. The van der Waals surface area contributed by atoms with Gasteiger partial charge in [-0.15, -0.1) is 0 Å². The zero-order chi connectivity index (χ0) is 17.6. The molecule has 0 aliphatic carbocycles. The van der Waals surface area contributed by atoms with Gasteiger partial charge in [-0.2, -0.15) is 0 Å². The maximum Gasteiger partial charge on any atom is 0.0788 e. The van der Waals surface area contributed by atoms with Gasteiger partial charge in [-0.25, -0.2) is 0 Å². The van der Waals surface area contributed by atoms with Crippen molar-refractivity contribution in [3.8, 4) is 0 Å². The minimum Gasteiger partial charge on any atom is -0.394 e. The number of aliphatic hydroxyl groups is 4. The molecule has 0 aromatic carbocycles. The van der Waals surface area contributed by atoms with Crippen molar-refractivity contribution in [1.82, 2.24) is 0 Å². The Kier molecular flexibility index (Phi) is 14.0. The van der Waals surface area contributed by atoms with Crippen LogP contribution in [0.15, 0.2) is 0 Å². The first kappa shape index (κ1) is 22.8. The molecule has 6 N–H and O–H groups in total. The van der Waals surface area contributed by atoms with Crippen LogP contribution < -0.4 is 5.73 Å². The lowest BCUT2D eigenvalue weighted by atomic mass is 9.82. The Labute approximate surface area is 141 Å². The van der Waals surface area contributed by atoms with Crippen LogP contribution >= 0.6 is 0 Å². The Morgan fingerprint density at radius 1 is 0.739 bits per heavy atom. The molecule has 0 saturated carbocycles. The second-order valence-corrected chi connectivity index (χ2v) is 7.02. The molecule has 23 heavy (non-hydrogen) atoms. The van der Waals surface area contributed by atoms with Gasteiger partial charge in [0.15, 0.2) is 0 Å². The number of hydrogen-bond donors (Lipinski definition) is 5. The summed E-state index contributed by atoms with van der Waals surface area (Å²) < 4.78 is 0. The molecule has 0 aromatic rings. The van der Waals surface area contributed by atoms with Gasteiger partial charge in [0.2, 0.25) is 0 Å². The molecule has 0 amide bonds. The van der Waals surface area contributed by atoms with Crippen LogP contribution in [0, 0.1) is 0 Å². The highest BCUT2D eigenvalue weighted by atomic mass is 16.3. The predicted octanol–water partition coefficient (Wildman–Crippen LogP) is 2.09. The van der Waals surface area contributed by atoms with Crippen LogP contribution in [0.2, 0.25) is 0 Å². The van der Waals surface area contributed by atoms with Gasteiger partial charge in [0.25, 0.3) is 0 Å².